The van der Waals surface area contributed by atoms with Crippen molar-refractivity contribution in [3.63, 3.8) is 0 Å². The van der Waals surface area contributed by atoms with Crippen molar-refractivity contribution in [1.29, 1.82) is 0 Å². The summed E-state index contributed by atoms with van der Waals surface area (Å²) in [5.74, 6) is 0.0561. The van der Waals surface area contributed by atoms with E-state index in [1.807, 2.05) is 6.92 Å². The number of rotatable bonds is 6. The van der Waals surface area contributed by atoms with Gasteiger partial charge in [0.25, 0.3) is 0 Å². The quantitative estimate of drug-likeness (QED) is 0.444. The number of nitrogens with zero attached hydrogens (tertiary/aromatic N) is 2. The molecule has 1 aromatic rings. The van der Waals surface area contributed by atoms with Crippen LogP contribution < -0.4 is 10.6 Å². The molecular weight excluding hydrogens is 360 g/mol. The fourth-order valence-corrected chi connectivity index (χ4v) is 3.30. The van der Waals surface area contributed by atoms with Gasteiger partial charge < -0.3 is 15.5 Å². The number of hydrogen-bond acceptors (Lipinski definition) is 2. The largest absolute Gasteiger partial charge is 0.416 e. The maximum Gasteiger partial charge on any atom is 0.416 e. The van der Waals surface area contributed by atoms with Crippen molar-refractivity contribution < 1.29 is 17.6 Å². The van der Waals surface area contributed by atoms with E-state index >= 15 is 0 Å². The molecule has 1 fully saturated rings. The van der Waals surface area contributed by atoms with E-state index in [0.717, 1.165) is 51.2 Å². The lowest BCUT2D eigenvalue weighted by atomic mass is 9.98. The molecule has 152 valence electrons. The summed E-state index contributed by atoms with van der Waals surface area (Å²) in [4.78, 5) is 6.67. The van der Waals surface area contributed by atoms with Crippen LogP contribution in [-0.4, -0.2) is 43.6 Å². The molecule has 1 aliphatic heterocycles. The average molecular weight is 388 g/mol. The third-order valence-electron chi connectivity index (χ3n) is 4.74. The Labute approximate surface area is 158 Å². The molecule has 1 unspecified atom stereocenters. The van der Waals surface area contributed by atoms with Gasteiger partial charge >= 0.3 is 6.18 Å². The summed E-state index contributed by atoms with van der Waals surface area (Å²) in [5.41, 5.74) is -1.02. The number of aliphatic imine (C=N–C) groups is 1. The van der Waals surface area contributed by atoms with Gasteiger partial charge in [0.1, 0.15) is 5.82 Å². The predicted molar refractivity (Wildman–Crippen MR) is 99.1 cm³/mol. The van der Waals surface area contributed by atoms with Gasteiger partial charge in [0.2, 0.25) is 0 Å². The molecule has 0 radical (unpaired) electrons. The molecule has 1 atom stereocenters. The van der Waals surface area contributed by atoms with Crippen LogP contribution in [0.5, 0.6) is 0 Å². The van der Waals surface area contributed by atoms with Crippen molar-refractivity contribution in [3.8, 4) is 0 Å². The van der Waals surface area contributed by atoms with Crippen LogP contribution in [0.4, 0.5) is 17.6 Å². The zero-order valence-electron chi connectivity index (χ0n) is 15.9. The van der Waals surface area contributed by atoms with E-state index in [4.69, 9.17) is 0 Å². The van der Waals surface area contributed by atoms with Crippen molar-refractivity contribution in [3.05, 3.63) is 35.1 Å². The Hall–Kier alpha value is -1.83. The number of hydrogen-bond donors (Lipinski definition) is 2. The Morgan fingerprint density at radius 1 is 1.26 bits per heavy atom. The first-order chi connectivity index (χ1) is 12.8. The molecule has 4 nitrogen and oxygen atoms in total. The minimum Gasteiger partial charge on any atom is -0.357 e. The van der Waals surface area contributed by atoms with Crippen LogP contribution in [0.3, 0.4) is 0 Å². The molecule has 1 aromatic carbocycles. The second-order valence-electron chi connectivity index (χ2n) is 6.78. The highest BCUT2D eigenvalue weighted by molar-refractivity contribution is 5.79. The maximum absolute atomic E-state index is 13.2. The van der Waals surface area contributed by atoms with Crippen LogP contribution in [0.2, 0.25) is 0 Å². The van der Waals surface area contributed by atoms with Crippen LogP contribution in [0.1, 0.15) is 37.8 Å². The van der Waals surface area contributed by atoms with Crippen LogP contribution >= 0.6 is 0 Å². The van der Waals surface area contributed by atoms with E-state index in [1.165, 1.54) is 0 Å². The molecule has 1 heterocycles. The SMILES string of the molecule is CCNC(=NCc1ccc(F)cc1C(F)(F)F)NCC1CCCN(CC)C1. The summed E-state index contributed by atoms with van der Waals surface area (Å²) in [6.07, 6.45) is -2.33. The first kappa shape index (κ1) is 21.5. The van der Waals surface area contributed by atoms with E-state index in [-0.39, 0.29) is 12.1 Å². The fraction of sp³-hybridized carbons (Fsp3) is 0.632. The highest BCUT2D eigenvalue weighted by Gasteiger charge is 2.33. The molecule has 2 rings (SSSR count). The van der Waals surface area contributed by atoms with Crippen molar-refractivity contribution in [2.75, 3.05) is 32.7 Å². The molecule has 8 heteroatoms. The van der Waals surface area contributed by atoms with Gasteiger partial charge in [0.05, 0.1) is 12.1 Å². The van der Waals surface area contributed by atoms with Crippen LogP contribution in [-0.2, 0) is 12.7 Å². The number of piperidine rings is 1. The summed E-state index contributed by atoms with van der Waals surface area (Å²) in [5, 5.41) is 6.29. The number of alkyl halides is 3. The summed E-state index contributed by atoms with van der Waals surface area (Å²) >= 11 is 0. The molecule has 1 aliphatic rings. The van der Waals surface area contributed by atoms with Gasteiger partial charge in [-0.2, -0.15) is 13.2 Å². The molecule has 0 bridgehead atoms. The Morgan fingerprint density at radius 3 is 2.70 bits per heavy atom. The Kier molecular flexibility index (Phi) is 7.89. The van der Waals surface area contributed by atoms with E-state index in [2.05, 4.69) is 27.4 Å². The van der Waals surface area contributed by atoms with Gasteiger partial charge in [-0.05, 0) is 56.5 Å². The highest BCUT2D eigenvalue weighted by Crippen LogP contribution is 2.32. The standard InChI is InChI=1S/C19H28F4N4/c1-3-24-18(25-11-14-6-5-9-27(4-2)13-14)26-12-15-7-8-16(20)10-17(15)19(21,22)23/h7-8,10,14H,3-6,9,11-13H2,1-2H3,(H2,24,25,26). The Balaban J connectivity index is 2.03. The minimum atomic E-state index is -4.61. The van der Waals surface area contributed by atoms with Gasteiger partial charge in [-0.3, -0.25) is 0 Å². The van der Waals surface area contributed by atoms with E-state index in [1.54, 1.807) is 0 Å². The minimum absolute atomic E-state index is 0.0454. The smallest absolute Gasteiger partial charge is 0.357 e. The van der Waals surface area contributed by atoms with Crippen molar-refractivity contribution in [1.82, 2.24) is 15.5 Å². The number of likely N-dealkylation sites (tertiary alicyclic amines) is 1. The zero-order chi connectivity index (χ0) is 19.9. The van der Waals surface area contributed by atoms with E-state index in [0.29, 0.717) is 24.5 Å². The Bertz CT molecular complexity index is 631. The lowest BCUT2D eigenvalue weighted by molar-refractivity contribution is -0.138. The maximum atomic E-state index is 13.2. The molecular formula is C19H28F4N4. The molecule has 0 saturated carbocycles. The van der Waals surface area contributed by atoms with E-state index < -0.39 is 17.6 Å². The van der Waals surface area contributed by atoms with Crippen molar-refractivity contribution in [2.24, 2.45) is 10.9 Å². The number of halogens is 4. The van der Waals surface area contributed by atoms with Crippen molar-refractivity contribution >= 4 is 5.96 Å². The predicted octanol–water partition coefficient (Wildman–Crippen LogP) is 3.63. The van der Waals surface area contributed by atoms with Gasteiger partial charge in [0, 0.05) is 19.6 Å². The second kappa shape index (κ2) is 9.92. The first-order valence-electron chi connectivity index (χ1n) is 9.43. The molecule has 2 N–H and O–H groups in total. The Morgan fingerprint density at radius 2 is 2.04 bits per heavy atom. The summed E-state index contributed by atoms with van der Waals surface area (Å²) in [6, 6.07) is 2.69. The summed E-state index contributed by atoms with van der Waals surface area (Å²) in [7, 11) is 0. The second-order valence-corrected chi connectivity index (χ2v) is 6.78. The van der Waals surface area contributed by atoms with Crippen LogP contribution in [0.15, 0.2) is 23.2 Å². The fourth-order valence-electron chi connectivity index (χ4n) is 3.30. The number of benzene rings is 1. The van der Waals surface area contributed by atoms with Gasteiger partial charge in [-0.1, -0.05) is 13.0 Å². The summed E-state index contributed by atoms with van der Waals surface area (Å²) in [6.45, 7) is 8.35. The van der Waals surface area contributed by atoms with Gasteiger partial charge in [-0.25, -0.2) is 9.38 Å². The van der Waals surface area contributed by atoms with Crippen LogP contribution in [0.25, 0.3) is 0 Å². The van der Waals surface area contributed by atoms with E-state index in [9.17, 15) is 17.6 Å². The molecule has 27 heavy (non-hydrogen) atoms. The van der Waals surface area contributed by atoms with Crippen LogP contribution in [0, 0.1) is 11.7 Å². The number of nitrogens with one attached hydrogen (secondary N) is 2. The molecule has 0 aliphatic carbocycles. The lowest BCUT2D eigenvalue weighted by Crippen LogP contribution is -2.44. The van der Waals surface area contributed by atoms with Gasteiger partial charge in [-0.15, -0.1) is 0 Å². The first-order valence-corrected chi connectivity index (χ1v) is 9.43. The molecule has 1 saturated heterocycles. The average Bonchev–Trinajstić information content (AvgIpc) is 2.64. The third kappa shape index (κ3) is 6.68. The van der Waals surface area contributed by atoms with Gasteiger partial charge in [0.15, 0.2) is 5.96 Å². The topological polar surface area (TPSA) is 39.7 Å². The molecule has 0 spiro atoms. The zero-order valence-corrected chi connectivity index (χ0v) is 15.9. The monoisotopic (exact) mass is 388 g/mol. The third-order valence-corrected chi connectivity index (χ3v) is 4.74. The normalized spacial score (nSPS) is 19.2. The van der Waals surface area contributed by atoms with Crippen molar-refractivity contribution in [2.45, 2.75) is 39.4 Å². The summed E-state index contributed by atoms with van der Waals surface area (Å²) < 4.78 is 52.6. The lowest BCUT2D eigenvalue weighted by Gasteiger charge is -2.32. The molecule has 0 aromatic heterocycles. The number of guanidine groups is 1. The molecule has 0 amide bonds. The highest BCUT2D eigenvalue weighted by atomic mass is 19.4.